The van der Waals surface area contributed by atoms with Gasteiger partial charge in [-0.1, -0.05) is 5.16 Å². The monoisotopic (exact) mass is 370 g/mol. The van der Waals surface area contributed by atoms with Crippen molar-refractivity contribution in [2.24, 2.45) is 0 Å². The number of hydrogen-bond acceptors (Lipinski definition) is 8. The minimum atomic E-state index is -0.0132. The Morgan fingerprint density at radius 2 is 2.15 bits per heavy atom. The first-order valence-corrected chi connectivity index (χ1v) is 9.17. The van der Waals surface area contributed by atoms with Crippen LogP contribution in [0.5, 0.6) is 0 Å². The lowest BCUT2D eigenvalue weighted by Gasteiger charge is -2.25. The van der Waals surface area contributed by atoms with Crippen LogP contribution in [0.4, 0.5) is 5.69 Å². The van der Waals surface area contributed by atoms with Crippen LogP contribution in [-0.4, -0.2) is 49.9 Å². The molecule has 0 saturated carbocycles. The number of ketones is 1. The minimum absolute atomic E-state index is 0.0132. The third-order valence-electron chi connectivity index (χ3n) is 4.64. The van der Waals surface area contributed by atoms with Crippen LogP contribution >= 0.6 is 0 Å². The van der Waals surface area contributed by atoms with Gasteiger partial charge in [0.1, 0.15) is 5.78 Å². The quantitative estimate of drug-likeness (QED) is 0.704. The van der Waals surface area contributed by atoms with Crippen molar-refractivity contribution < 1.29 is 14.1 Å². The highest BCUT2D eigenvalue weighted by Gasteiger charge is 2.22. The average Bonchev–Trinajstić information content (AvgIpc) is 3.29. The predicted octanol–water partition coefficient (Wildman–Crippen LogP) is 2.22. The molecular weight excluding hydrogens is 348 g/mol. The van der Waals surface area contributed by atoms with E-state index in [2.05, 4.69) is 25.5 Å². The Morgan fingerprint density at radius 1 is 1.33 bits per heavy atom. The molecule has 0 atom stereocenters. The van der Waals surface area contributed by atoms with Gasteiger partial charge in [0, 0.05) is 32.0 Å². The molecule has 1 aliphatic rings. The van der Waals surface area contributed by atoms with Gasteiger partial charge in [0.15, 0.2) is 11.5 Å². The molecule has 27 heavy (non-hydrogen) atoms. The van der Waals surface area contributed by atoms with Crippen molar-refractivity contribution in [3.8, 4) is 11.5 Å². The SMILES string of the molecule is CCn1ncc2c(NC3CCOCC3)c(-c3nc(CC(C)=O)no3)cnc21. The minimum Gasteiger partial charge on any atom is -0.381 e. The van der Waals surface area contributed by atoms with Crippen LogP contribution < -0.4 is 5.32 Å². The number of rotatable bonds is 6. The predicted molar refractivity (Wildman–Crippen MR) is 98.3 cm³/mol. The molecule has 142 valence electrons. The number of aromatic nitrogens is 5. The van der Waals surface area contributed by atoms with Gasteiger partial charge in [0.2, 0.25) is 0 Å². The topological polar surface area (TPSA) is 108 Å². The number of aryl methyl sites for hydroxylation is 1. The van der Waals surface area contributed by atoms with Gasteiger partial charge in [-0.15, -0.1) is 0 Å². The highest BCUT2D eigenvalue weighted by Crippen LogP contribution is 2.34. The molecule has 4 heterocycles. The van der Waals surface area contributed by atoms with Crippen molar-refractivity contribution in [3.05, 3.63) is 18.2 Å². The number of carbonyl (C=O) groups is 1. The molecule has 0 aromatic carbocycles. The molecule has 9 heteroatoms. The molecule has 1 aliphatic heterocycles. The smallest absolute Gasteiger partial charge is 0.261 e. The van der Waals surface area contributed by atoms with Gasteiger partial charge in [-0.3, -0.25) is 4.79 Å². The summed E-state index contributed by atoms with van der Waals surface area (Å²) in [4.78, 5) is 20.3. The Labute approximate surface area is 156 Å². The first kappa shape index (κ1) is 17.6. The standard InChI is InChI=1S/C18H22N6O3/c1-3-24-17-13(10-20-24)16(21-12-4-6-26-7-5-12)14(9-19-17)18-22-15(23-27-18)8-11(2)25/h9-10,12H,3-8H2,1-2H3,(H,19,21). The number of Topliss-reactive ketones (excluding diaryl/α,β-unsaturated/α-hetero) is 1. The molecule has 1 N–H and O–H groups in total. The highest BCUT2D eigenvalue weighted by molar-refractivity contribution is 5.96. The first-order valence-electron chi connectivity index (χ1n) is 9.17. The second-order valence-corrected chi connectivity index (χ2v) is 6.67. The van der Waals surface area contributed by atoms with E-state index in [0.29, 0.717) is 17.3 Å². The number of fused-ring (bicyclic) bond motifs is 1. The molecule has 0 amide bonds. The van der Waals surface area contributed by atoms with Crippen LogP contribution in [-0.2, 0) is 22.5 Å². The maximum atomic E-state index is 11.3. The van der Waals surface area contributed by atoms with E-state index in [4.69, 9.17) is 9.26 Å². The van der Waals surface area contributed by atoms with Gasteiger partial charge in [-0.05, 0) is 26.7 Å². The van der Waals surface area contributed by atoms with Crippen LogP contribution in [0.3, 0.4) is 0 Å². The summed E-state index contributed by atoms with van der Waals surface area (Å²) < 4.78 is 12.7. The Balaban J connectivity index is 1.77. The van der Waals surface area contributed by atoms with E-state index >= 15 is 0 Å². The van der Waals surface area contributed by atoms with Crippen molar-refractivity contribution >= 4 is 22.5 Å². The average molecular weight is 370 g/mol. The van der Waals surface area contributed by atoms with E-state index in [9.17, 15) is 4.79 Å². The second kappa shape index (κ2) is 7.43. The summed E-state index contributed by atoms with van der Waals surface area (Å²) in [6, 6.07) is 0.285. The molecule has 1 saturated heterocycles. The van der Waals surface area contributed by atoms with E-state index in [1.54, 1.807) is 6.20 Å². The molecule has 1 fully saturated rings. The van der Waals surface area contributed by atoms with Crippen LogP contribution in [0.1, 0.15) is 32.5 Å². The summed E-state index contributed by atoms with van der Waals surface area (Å²) in [6.07, 6.45) is 5.53. The van der Waals surface area contributed by atoms with E-state index in [-0.39, 0.29) is 18.2 Å². The fourth-order valence-electron chi connectivity index (χ4n) is 3.28. The number of pyridine rings is 1. The van der Waals surface area contributed by atoms with Gasteiger partial charge in [0.05, 0.1) is 29.3 Å². The molecule has 0 spiro atoms. The van der Waals surface area contributed by atoms with E-state index in [1.165, 1.54) is 6.92 Å². The number of nitrogens with zero attached hydrogens (tertiary/aromatic N) is 5. The summed E-state index contributed by atoms with van der Waals surface area (Å²) in [7, 11) is 0. The lowest BCUT2D eigenvalue weighted by molar-refractivity contribution is -0.116. The number of hydrogen-bond donors (Lipinski definition) is 1. The second-order valence-electron chi connectivity index (χ2n) is 6.67. The van der Waals surface area contributed by atoms with Crippen LogP contribution in [0.2, 0.25) is 0 Å². The summed E-state index contributed by atoms with van der Waals surface area (Å²) in [5.41, 5.74) is 2.40. The zero-order valence-corrected chi connectivity index (χ0v) is 15.4. The van der Waals surface area contributed by atoms with Crippen molar-refractivity contribution in [2.45, 2.75) is 45.7 Å². The van der Waals surface area contributed by atoms with E-state index in [1.807, 2.05) is 17.8 Å². The molecule has 3 aromatic rings. The lowest BCUT2D eigenvalue weighted by Crippen LogP contribution is -2.28. The van der Waals surface area contributed by atoms with E-state index < -0.39 is 0 Å². The summed E-state index contributed by atoms with van der Waals surface area (Å²) >= 11 is 0. The Hall–Kier alpha value is -2.81. The summed E-state index contributed by atoms with van der Waals surface area (Å²) in [6.45, 7) is 5.73. The fraction of sp³-hybridized carbons (Fsp3) is 0.500. The molecule has 0 unspecified atom stereocenters. The maximum absolute atomic E-state index is 11.3. The van der Waals surface area contributed by atoms with Gasteiger partial charge < -0.3 is 14.6 Å². The van der Waals surface area contributed by atoms with E-state index in [0.717, 1.165) is 49.3 Å². The van der Waals surface area contributed by atoms with Crippen LogP contribution in [0, 0.1) is 0 Å². The Kier molecular flexibility index (Phi) is 4.85. The van der Waals surface area contributed by atoms with Crippen LogP contribution in [0.15, 0.2) is 16.9 Å². The van der Waals surface area contributed by atoms with Gasteiger partial charge in [-0.25, -0.2) is 9.67 Å². The summed E-state index contributed by atoms with van der Waals surface area (Å²) in [5, 5.41) is 12.9. The lowest BCUT2D eigenvalue weighted by atomic mass is 10.1. The van der Waals surface area contributed by atoms with Crippen molar-refractivity contribution in [1.82, 2.24) is 24.9 Å². The zero-order chi connectivity index (χ0) is 18.8. The molecule has 4 rings (SSSR count). The number of nitrogens with one attached hydrogen (secondary N) is 1. The fourth-order valence-corrected chi connectivity index (χ4v) is 3.28. The van der Waals surface area contributed by atoms with Gasteiger partial charge >= 0.3 is 0 Å². The molecule has 0 bridgehead atoms. The Bertz CT molecular complexity index is 957. The first-order chi connectivity index (χ1) is 13.2. The number of carbonyl (C=O) groups excluding carboxylic acids is 1. The molecular formula is C18H22N6O3. The maximum Gasteiger partial charge on any atom is 0.261 e. The number of ether oxygens (including phenoxy) is 1. The van der Waals surface area contributed by atoms with Crippen LogP contribution in [0.25, 0.3) is 22.5 Å². The van der Waals surface area contributed by atoms with Crippen molar-refractivity contribution in [2.75, 3.05) is 18.5 Å². The van der Waals surface area contributed by atoms with Crippen molar-refractivity contribution in [1.29, 1.82) is 0 Å². The molecule has 9 nitrogen and oxygen atoms in total. The zero-order valence-electron chi connectivity index (χ0n) is 15.4. The summed E-state index contributed by atoms with van der Waals surface area (Å²) in [5.74, 6) is 0.707. The van der Waals surface area contributed by atoms with Gasteiger partial charge in [-0.2, -0.15) is 10.1 Å². The normalized spacial score (nSPS) is 15.3. The number of anilines is 1. The van der Waals surface area contributed by atoms with Crippen molar-refractivity contribution in [3.63, 3.8) is 0 Å². The molecule has 0 aliphatic carbocycles. The Morgan fingerprint density at radius 3 is 2.89 bits per heavy atom. The molecule has 0 radical (unpaired) electrons. The van der Waals surface area contributed by atoms with Gasteiger partial charge in [0.25, 0.3) is 5.89 Å². The largest absolute Gasteiger partial charge is 0.381 e. The highest BCUT2D eigenvalue weighted by atomic mass is 16.5. The molecule has 3 aromatic heterocycles. The third kappa shape index (κ3) is 3.55. The third-order valence-corrected chi connectivity index (χ3v) is 4.64.